The number of hydrogen-bond donors (Lipinski definition) is 3. The van der Waals surface area contributed by atoms with Gasteiger partial charge in [-0.3, -0.25) is 9.59 Å². The first kappa shape index (κ1) is 23.4. The Morgan fingerprint density at radius 1 is 0.800 bits per heavy atom. The highest BCUT2D eigenvalue weighted by Crippen LogP contribution is 2.44. The maximum atomic E-state index is 12.8. The summed E-state index contributed by atoms with van der Waals surface area (Å²) in [5.41, 5.74) is 4.73. The van der Waals surface area contributed by atoms with E-state index in [2.05, 4.69) is 34.9 Å². The molecule has 4 atom stereocenters. The number of rotatable bonds is 6. The summed E-state index contributed by atoms with van der Waals surface area (Å²) in [6.07, 6.45) is 4.39. The molecule has 2 unspecified atom stereocenters. The number of nitrogens with one attached hydrogen (secondary N) is 2. The number of carboxylic acid groups (broad SMARTS) is 1. The molecule has 0 bridgehead atoms. The number of ether oxygens (including phenoxy) is 1. The molecular formula is C28H32N2O5. The lowest BCUT2D eigenvalue weighted by atomic mass is 9.85. The third kappa shape index (κ3) is 5.04. The molecule has 2 aromatic carbocycles. The number of benzene rings is 2. The number of hydrogen-bond acceptors (Lipinski definition) is 4. The highest BCUT2D eigenvalue weighted by Gasteiger charge is 2.34. The van der Waals surface area contributed by atoms with Crippen molar-refractivity contribution in [2.24, 2.45) is 11.8 Å². The average molecular weight is 477 g/mol. The monoisotopic (exact) mass is 476 g/mol. The summed E-state index contributed by atoms with van der Waals surface area (Å²) < 4.78 is 5.67. The molecule has 0 spiro atoms. The van der Waals surface area contributed by atoms with E-state index in [4.69, 9.17) is 4.74 Å². The Morgan fingerprint density at radius 3 is 2.09 bits per heavy atom. The molecule has 2 fully saturated rings. The quantitative estimate of drug-likeness (QED) is 0.571. The van der Waals surface area contributed by atoms with Crippen molar-refractivity contribution in [1.82, 2.24) is 10.6 Å². The topological polar surface area (TPSA) is 105 Å². The van der Waals surface area contributed by atoms with Crippen LogP contribution in [0.2, 0.25) is 0 Å². The van der Waals surface area contributed by atoms with Gasteiger partial charge in [-0.2, -0.15) is 0 Å². The highest BCUT2D eigenvalue weighted by atomic mass is 16.5. The molecule has 7 nitrogen and oxygen atoms in total. The Balaban J connectivity index is 1.13. The van der Waals surface area contributed by atoms with Gasteiger partial charge in [-0.1, -0.05) is 55.0 Å². The minimum atomic E-state index is -0.785. The number of carboxylic acids is 1. The maximum absolute atomic E-state index is 12.8. The van der Waals surface area contributed by atoms with Gasteiger partial charge in [-0.15, -0.1) is 0 Å². The Kier molecular flexibility index (Phi) is 6.75. The van der Waals surface area contributed by atoms with Gasteiger partial charge in [0.2, 0.25) is 5.91 Å². The molecule has 0 aliphatic heterocycles. The zero-order valence-electron chi connectivity index (χ0n) is 19.7. The SMILES string of the molecule is O=C(N[C@@H]1CCC[C@@H](C(=O)NC2CCC(C(=O)O)C2)C1)OCC1c2ccccc2-c2ccccc21. The van der Waals surface area contributed by atoms with Crippen LogP contribution in [0.4, 0.5) is 4.79 Å². The number of alkyl carbamates (subject to hydrolysis) is 1. The van der Waals surface area contributed by atoms with E-state index in [0.717, 1.165) is 19.3 Å². The van der Waals surface area contributed by atoms with E-state index in [-0.39, 0.29) is 42.4 Å². The average Bonchev–Trinajstić information content (AvgIpc) is 3.46. The van der Waals surface area contributed by atoms with Crippen molar-refractivity contribution >= 4 is 18.0 Å². The lowest BCUT2D eigenvalue weighted by Gasteiger charge is -2.29. The van der Waals surface area contributed by atoms with Gasteiger partial charge < -0.3 is 20.5 Å². The molecule has 7 heteroatoms. The van der Waals surface area contributed by atoms with Crippen LogP contribution in [0.5, 0.6) is 0 Å². The first-order chi connectivity index (χ1) is 17.0. The molecule has 35 heavy (non-hydrogen) atoms. The first-order valence-corrected chi connectivity index (χ1v) is 12.6. The number of carbonyl (C=O) groups excluding carboxylic acids is 2. The Morgan fingerprint density at radius 2 is 1.43 bits per heavy atom. The van der Waals surface area contributed by atoms with E-state index in [9.17, 15) is 19.5 Å². The summed E-state index contributed by atoms with van der Waals surface area (Å²) in [5.74, 6) is -1.34. The van der Waals surface area contributed by atoms with E-state index >= 15 is 0 Å². The maximum Gasteiger partial charge on any atom is 0.407 e. The van der Waals surface area contributed by atoms with Crippen molar-refractivity contribution in [3.8, 4) is 11.1 Å². The number of amides is 2. The first-order valence-electron chi connectivity index (χ1n) is 12.6. The third-order valence-corrected chi connectivity index (χ3v) is 7.84. The van der Waals surface area contributed by atoms with Crippen molar-refractivity contribution in [2.45, 2.75) is 62.9 Å². The van der Waals surface area contributed by atoms with Crippen LogP contribution in [0.15, 0.2) is 48.5 Å². The summed E-state index contributed by atoms with van der Waals surface area (Å²) in [6, 6.07) is 16.3. The summed E-state index contributed by atoms with van der Waals surface area (Å²) in [7, 11) is 0. The van der Waals surface area contributed by atoms with Crippen molar-refractivity contribution in [2.75, 3.05) is 6.61 Å². The fraction of sp³-hybridized carbons (Fsp3) is 0.464. The van der Waals surface area contributed by atoms with Crippen molar-refractivity contribution in [1.29, 1.82) is 0 Å². The van der Waals surface area contributed by atoms with Crippen molar-refractivity contribution < 1.29 is 24.2 Å². The van der Waals surface area contributed by atoms with Crippen LogP contribution in [0.25, 0.3) is 11.1 Å². The minimum absolute atomic E-state index is 0.0130. The molecule has 2 saturated carbocycles. The molecule has 5 rings (SSSR count). The van der Waals surface area contributed by atoms with Gasteiger partial charge in [0.25, 0.3) is 0 Å². The second-order valence-corrected chi connectivity index (χ2v) is 10.1. The van der Waals surface area contributed by atoms with Crippen LogP contribution in [0.3, 0.4) is 0 Å². The standard InChI is InChI=1S/C28H32N2O5/c31-26(29-20-13-12-18(15-20)27(32)33)17-6-5-7-19(14-17)30-28(34)35-16-25-23-10-3-1-8-21(23)22-9-2-4-11-24(22)25/h1-4,8-11,17-20,25H,5-7,12-16H2,(H,29,31)(H,30,34)(H,32,33)/t17-,18?,19-,20?/m1/s1. The zero-order valence-corrected chi connectivity index (χ0v) is 19.7. The number of carbonyl (C=O) groups is 3. The normalized spacial score (nSPS) is 25.4. The van der Waals surface area contributed by atoms with Gasteiger partial charge in [0.15, 0.2) is 0 Å². The molecule has 0 saturated heterocycles. The van der Waals surface area contributed by atoms with Crippen LogP contribution in [-0.2, 0) is 14.3 Å². The lowest BCUT2D eigenvalue weighted by molar-refractivity contribution is -0.141. The Labute approximate surface area is 205 Å². The predicted octanol–water partition coefficient (Wildman–Crippen LogP) is 4.45. The van der Waals surface area contributed by atoms with Gasteiger partial charge in [0, 0.05) is 23.9 Å². The summed E-state index contributed by atoms with van der Waals surface area (Å²) in [6.45, 7) is 0.267. The molecule has 2 aromatic rings. The van der Waals surface area contributed by atoms with Gasteiger partial charge in [-0.25, -0.2) is 4.79 Å². The van der Waals surface area contributed by atoms with E-state index in [0.29, 0.717) is 25.7 Å². The molecule has 3 aliphatic carbocycles. The molecule has 184 valence electrons. The van der Waals surface area contributed by atoms with E-state index in [1.807, 2.05) is 24.3 Å². The molecule has 3 N–H and O–H groups in total. The van der Waals surface area contributed by atoms with Crippen LogP contribution in [0.1, 0.15) is 62.0 Å². The van der Waals surface area contributed by atoms with E-state index in [1.54, 1.807) is 0 Å². The fourth-order valence-corrected chi connectivity index (χ4v) is 6.02. The lowest BCUT2D eigenvalue weighted by Crippen LogP contribution is -2.44. The van der Waals surface area contributed by atoms with Crippen LogP contribution < -0.4 is 10.6 Å². The largest absolute Gasteiger partial charge is 0.481 e. The van der Waals surface area contributed by atoms with Gasteiger partial charge in [-0.05, 0) is 60.8 Å². The van der Waals surface area contributed by atoms with Gasteiger partial charge >= 0.3 is 12.1 Å². The van der Waals surface area contributed by atoms with Crippen molar-refractivity contribution in [3.63, 3.8) is 0 Å². The second-order valence-electron chi connectivity index (χ2n) is 10.1. The second kappa shape index (κ2) is 10.1. The minimum Gasteiger partial charge on any atom is -0.481 e. The zero-order chi connectivity index (χ0) is 24.4. The molecular weight excluding hydrogens is 444 g/mol. The van der Waals surface area contributed by atoms with Gasteiger partial charge in [0.1, 0.15) is 6.61 Å². The predicted molar refractivity (Wildman–Crippen MR) is 131 cm³/mol. The highest BCUT2D eigenvalue weighted by molar-refractivity contribution is 5.80. The van der Waals surface area contributed by atoms with Crippen LogP contribution >= 0.6 is 0 Å². The summed E-state index contributed by atoms with van der Waals surface area (Å²) in [4.78, 5) is 36.6. The Hall–Kier alpha value is -3.35. The third-order valence-electron chi connectivity index (χ3n) is 7.84. The van der Waals surface area contributed by atoms with Gasteiger partial charge in [0.05, 0.1) is 5.92 Å². The number of aliphatic carboxylic acids is 1. The summed E-state index contributed by atoms with van der Waals surface area (Å²) in [5, 5.41) is 15.2. The van der Waals surface area contributed by atoms with Crippen LogP contribution in [-0.4, -0.2) is 41.8 Å². The molecule has 3 aliphatic rings. The van der Waals surface area contributed by atoms with E-state index in [1.165, 1.54) is 22.3 Å². The summed E-state index contributed by atoms with van der Waals surface area (Å²) >= 11 is 0. The fourth-order valence-electron chi connectivity index (χ4n) is 6.02. The Bertz CT molecular complexity index is 1070. The molecule has 0 radical (unpaired) electrons. The number of fused-ring (bicyclic) bond motifs is 3. The smallest absolute Gasteiger partial charge is 0.407 e. The van der Waals surface area contributed by atoms with E-state index < -0.39 is 12.1 Å². The van der Waals surface area contributed by atoms with Crippen LogP contribution in [0, 0.1) is 11.8 Å². The molecule has 2 amide bonds. The molecule has 0 aromatic heterocycles. The molecule has 0 heterocycles. The van der Waals surface area contributed by atoms with Crippen molar-refractivity contribution in [3.05, 3.63) is 59.7 Å².